The molecule has 0 saturated carbocycles. The molecule has 0 saturated heterocycles. The van der Waals surface area contributed by atoms with Crippen molar-refractivity contribution in [3.63, 3.8) is 0 Å². The summed E-state index contributed by atoms with van der Waals surface area (Å²) in [6, 6.07) is 0. The van der Waals surface area contributed by atoms with Gasteiger partial charge in [0.2, 0.25) is 5.91 Å². The van der Waals surface area contributed by atoms with Crippen molar-refractivity contribution in [3.8, 4) is 0 Å². The highest BCUT2D eigenvalue weighted by molar-refractivity contribution is 5.77. The summed E-state index contributed by atoms with van der Waals surface area (Å²) in [4.78, 5) is 10.9. The Kier molecular flexibility index (Phi) is 3.64. The fourth-order valence-electron chi connectivity index (χ4n) is 1.22. The molecular formula is C9H16N4O. The van der Waals surface area contributed by atoms with Crippen LogP contribution in [0.2, 0.25) is 0 Å². The van der Waals surface area contributed by atoms with Crippen molar-refractivity contribution in [2.75, 3.05) is 13.6 Å². The molecule has 0 fully saturated rings. The fraction of sp³-hybridized carbons (Fsp3) is 0.556. The standard InChI is InChI=1S/C9H16N4O/c1-7-8(6-13(3)12-7)4-11-5-9(14)10-2/h6,11H,4-5H2,1-3H3,(H,10,14). The number of hydrogen-bond donors (Lipinski definition) is 2. The van der Waals surface area contributed by atoms with Crippen molar-refractivity contribution in [1.29, 1.82) is 0 Å². The Bertz CT molecular complexity index is 319. The molecule has 1 heterocycles. The molecule has 0 aliphatic rings. The SMILES string of the molecule is CNC(=O)CNCc1cn(C)nc1C. The average molecular weight is 196 g/mol. The number of aromatic nitrogens is 2. The van der Waals surface area contributed by atoms with E-state index in [2.05, 4.69) is 15.7 Å². The summed E-state index contributed by atoms with van der Waals surface area (Å²) in [5.74, 6) is -0.00783. The van der Waals surface area contributed by atoms with Gasteiger partial charge < -0.3 is 10.6 Å². The molecule has 1 aromatic rings. The molecule has 14 heavy (non-hydrogen) atoms. The van der Waals surface area contributed by atoms with Gasteiger partial charge in [0.05, 0.1) is 12.2 Å². The van der Waals surface area contributed by atoms with E-state index in [9.17, 15) is 4.79 Å². The van der Waals surface area contributed by atoms with E-state index in [1.54, 1.807) is 11.7 Å². The molecule has 0 aromatic carbocycles. The van der Waals surface area contributed by atoms with Gasteiger partial charge in [0.25, 0.3) is 0 Å². The van der Waals surface area contributed by atoms with Gasteiger partial charge in [-0.2, -0.15) is 5.10 Å². The maximum Gasteiger partial charge on any atom is 0.233 e. The Labute approximate surface area is 83.5 Å². The molecule has 1 amide bonds. The van der Waals surface area contributed by atoms with Crippen LogP contribution in [0.5, 0.6) is 0 Å². The number of carbonyl (C=O) groups is 1. The highest BCUT2D eigenvalue weighted by Gasteiger charge is 2.03. The number of amides is 1. The monoisotopic (exact) mass is 196 g/mol. The lowest BCUT2D eigenvalue weighted by Crippen LogP contribution is -2.31. The summed E-state index contributed by atoms with van der Waals surface area (Å²) in [5.41, 5.74) is 2.12. The van der Waals surface area contributed by atoms with Crippen LogP contribution in [0.1, 0.15) is 11.3 Å². The summed E-state index contributed by atoms with van der Waals surface area (Å²) >= 11 is 0. The van der Waals surface area contributed by atoms with Crippen molar-refractivity contribution in [3.05, 3.63) is 17.5 Å². The number of aryl methyl sites for hydroxylation is 2. The number of nitrogens with zero attached hydrogens (tertiary/aromatic N) is 2. The molecule has 5 nitrogen and oxygen atoms in total. The lowest BCUT2D eigenvalue weighted by molar-refractivity contribution is -0.119. The minimum absolute atomic E-state index is 0.00783. The van der Waals surface area contributed by atoms with E-state index >= 15 is 0 Å². The summed E-state index contributed by atoms with van der Waals surface area (Å²) < 4.78 is 1.77. The van der Waals surface area contributed by atoms with E-state index in [0.717, 1.165) is 11.3 Å². The zero-order valence-electron chi connectivity index (χ0n) is 8.79. The Morgan fingerprint density at radius 3 is 2.86 bits per heavy atom. The highest BCUT2D eigenvalue weighted by Crippen LogP contribution is 2.02. The van der Waals surface area contributed by atoms with Crippen molar-refractivity contribution < 1.29 is 4.79 Å². The second-order valence-electron chi connectivity index (χ2n) is 3.19. The van der Waals surface area contributed by atoms with Gasteiger partial charge in [0.15, 0.2) is 0 Å². The van der Waals surface area contributed by atoms with Crippen LogP contribution in [0.25, 0.3) is 0 Å². The van der Waals surface area contributed by atoms with Crippen LogP contribution < -0.4 is 10.6 Å². The third-order valence-electron chi connectivity index (χ3n) is 1.99. The molecule has 0 radical (unpaired) electrons. The summed E-state index contributed by atoms with van der Waals surface area (Å²) in [7, 11) is 3.51. The third kappa shape index (κ3) is 2.85. The quantitative estimate of drug-likeness (QED) is 0.686. The van der Waals surface area contributed by atoms with Gasteiger partial charge in [-0.1, -0.05) is 0 Å². The number of carbonyl (C=O) groups excluding carboxylic acids is 1. The number of nitrogens with one attached hydrogen (secondary N) is 2. The smallest absolute Gasteiger partial charge is 0.233 e. The summed E-state index contributed by atoms with van der Waals surface area (Å²) in [6.45, 7) is 2.97. The zero-order chi connectivity index (χ0) is 10.6. The van der Waals surface area contributed by atoms with E-state index < -0.39 is 0 Å². The maximum absolute atomic E-state index is 10.9. The Morgan fingerprint density at radius 2 is 2.36 bits per heavy atom. The van der Waals surface area contributed by atoms with Crippen LogP contribution >= 0.6 is 0 Å². The Balaban J connectivity index is 2.38. The maximum atomic E-state index is 10.9. The summed E-state index contributed by atoms with van der Waals surface area (Å²) in [6.07, 6.45) is 1.95. The molecule has 5 heteroatoms. The first-order valence-electron chi connectivity index (χ1n) is 4.54. The van der Waals surface area contributed by atoms with Crippen molar-refractivity contribution in [1.82, 2.24) is 20.4 Å². The van der Waals surface area contributed by atoms with Gasteiger partial charge in [0, 0.05) is 32.4 Å². The highest BCUT2D eigenvalue weighted by atomic mass is 16.1. The van der Waals surface area contributed by atoms with Gasteiger partial charge in [0.1, 0.15) is 0 Å². The van der Waals surface area contributed by atoms with Crippen LogP contribution in [0.15, 0.2) is 6.20 Å². The molecular weight excluding hydrogens is 180 g/mol. The van der Waals surface area contributed by atoms with Gasteiger partial charge in [-0.05, 0) is 6.92 Å². The molecule has 2 N–H and O–H groups in total. The lowest BCUT2D eigenvalue weighted by Gasteiger charge is -2.01. The first kappa shape index (κ1) is 10.7. The largest absolute Gasteiger partial charge is 0.358 e. The van der Waals surface area contributed by atoms with Gasteiger partial charge in [-0.25, -0.2) is 0 Å². The lowest BCUT2D eigenvalue weighted by atomic mass is 10.2. The van der Waals surface area contributed by atoms with Crippen LogP contribution in [0.4, 0.5) is 0 Å². The molecule has 0 unspecified atom stereocenters. The van der Waals surface area contributed by atoms with E-state index in [1.165, 1.54) is 0 Å². The van der Waals surface area contributed by atoms with Crippen LogP contribution in [-0.4, -0.2) is 29.3 Å². The average Bonchev–Trinajstić information content (AvgIpc) is 2.45. The van der Waals surface area contributed by atoms with Crippen LogP contribution in [-0.2, 0) is 18.4 Å². The second-order valence-corrected chi connectivity index (χ2v) is 3.19. The van der Waals surface area contributed by atoms with Gasteiger partial charge >= 0.3 is 0 Å². The Morgan fingerprint density at radius 1 is 1.64 bits per heavy atom. The van der Waals surface area contributed by atoms with Crippen LogP contribution in [0.3, 0.4) is 0 Å². The number of hydrogen-bond acceptors (Lipinski definition) is 3. The predicted octanol–water partition coefficient (Wildman–Crippen LogP) is -0.436. The minimum Gasteiger partial charge on any atom is -0.358 e. The molecule has 1 aromatic heterocycles. The normalized spacial score (nSPS) is 10.2. The fourth-order valence-corrected chi connectivity index (χ4v) is 1.22. The van der Waals surface area contributed by atoms with E-state index in [-0.39, 0.29) is 5.91 Å². The molecule has 0 aliphatic carbocycles. The molecule has 0 atom stereocenters. The van der Waals surface area contributed by atoms with Crippen LogP contribution in [0, 0.1) is 6.92 Å². The van der Waals surface area contributed by atoms with E-state index in [1.807, 2.05) is 20.2 Å². The van der Waals surface area contributed by atoms with Crippen molar-refractivity contribution >= 4 is 5.91 Å². The molecule has 0 bridgehead atoms. The molecule has 0 spiro atoms. The number of rotatable bonds is 4. The minimum atomic E-state index is -0.00783. The van der Waals surface area contributed by atoms with Gasteiger partial charge in [-0.15, -0.1) is 0 Å². The molecule has 78 valence electrons. The molecule has 1 rings (SSSR count). The van der Waals surface area contributed by atoms with E-state index in [4.69, 9.17) is 0 Å². The molecule has 0 aliphatic heterocycles. The number of likely N-dealkylation sites (N-methyl/N-ethyl adjacent to an activating group) is 1. The Hall–Kier alpha value is -1.36. The summed E-state index contributed by atoms with van der Waals surface area (Å²) in [5, 5.41) is 9.80. The van der Waals surface area contributed by atoms with Crippen molar-refractivity contribution in [2.45, 2.75) is 13.5 Å². The van der Waals surface area contributed by atoms with E-state index in [0.29, 0.717) is 13.1 Å². The third-order valence-corrected chi connectivity index (χ3v) is 1.99. The topological polar surface area (TPSA) is 59.0 Å². The second kappa shape index (κ2) is 4.76. The van der Waals surface area contributed by atoms with Crippen molar-refractivity contribution in [2.24, 2.45) is 7.05 Å². The predicted molar refractivity (Wildman–Crippen MR) is 53.7 cm³/mol. The zero-order valence-corrected chi connectivity index (χ0v) is 8.79. The first-order chi connectivity index (χ1) is 6.63. The first-order valence-corrected chi connectivity index (χ1v) is 4.54. The van der Waals surface area contributed by atoms with Gasteiger partial charge in [-0.3, -0.25) is 9.48 Å².